The summed E-state index contributed by atoms with van der Waals surface area (Å²) in [5, 5.41) is 0. The van der Waals surface area contributed by atoms with E-state index in [1.54, 1.807) is 0 Å². The lowest BCUT2D eigenvalue weighted by molar-refractivity contribution is 0.267. The van der Waals surface area contributed by atoms with Gasteiger partial charge in [-0.25, -0.2) is 0 Å². The summed E-state index contributed by atoms with van der Waals surface area (Å²) in [6.07, 6.45) is 0.926. The number of hydrogen-bond donors (Lipinski definition) is 1. The molecule has 1 atom stereocenters. The molecule has 2 N–H and O–H groups in total. The zero-order valence-electron chi connectivity index (χ0n) is 8.54. The summed E-state index contributed by atoms with van der Waals surface area (Å²) >= 11 is 0. The van der Waals surface area contributed by atoms with Crippen LogP contribution in [0.15, 0.2) is 12.1 Å². The molecule has 1 aliphatic heterocycles. The van der Waals surface area contributed by atoms with Crippen molar-refractivity contribution in [3.8, 4) is 5.75 Å². The van der Waals surface area contributed by atoms with E-state index >= 15 is 0 Å². The first-order chi connectivity index (χ1) is 6.18. The van der Waals surface area contributed by atoms with Crippen molar-refractivity contribution in [3.05, 3.63) is 28.8 Å². The van der Waals surface area contributed by atoms with E-state index in [-0.39, 0.29) is 18.4 Å². The molecule has 2 nitrogen and oxygen atoms in total. The lowest BCUT2D eigenvalue weighted by Crippen LogP contribution is -2.21. The van der Waals surface area contributed by atoms with Gasteiger partial charge in [-0.05, 0) is 19.4 Å². The number of nitrogens with two attached hydrogens (primary N) is 1. The third kappa shape index (κ3) is 1.86. The molecular formula is C11H16ClNO. The molecule has 1 heterocycles. The minimum Gasteiger partial charge on any atom is -0.493 e. The van der Waals surface area contributed by atoms with Gasteiger partial charge in [0.15, 0.2) is 0 Å². The Bertz CT molecular complexity index is 338. The lowest BCUT2D eigenvalue weighted by atomic mass is 9.96. The van der Waals surface area contributed by atoms with Gasteiger partial charge < -0.3 is 10.5 Å². The Morgan fingerprint density at radius 3 is 2.79 bits per heavy atom. The van der Waals surface area contributed by atoms with Crippen LogP contribution in [0, 0.1) is 13.8 Å². The minimum atomic E-state index is 0. The molecule has 14 heavy (non-hydrogen) atoms. The predicted octanol–water partition coefficient (Wildman–Crippen LogP) is 2.51. The van der Waals surface area contributed by atoms with Gasteiger partial charge >= 0.3 is 0 Å². The SMILES string of the molecule is Cc1cc(C)c2c(c1)[C@H](N)CCO2.Cl. The average Bonchev–Trinajstić information content (AvgIpc) is 2.07. The number of aryl methyl sites for hydroxylation is 2. The molecule has 0 aromatic heterocycles. The van der Waals surface area contributed by atoms with Crippen molar-refractivity contribution in [2.24, 2.45) is 5.73 Å². The molecule has 0 aliphatic carbocycles. The molecule has 2 rings (SSSR count). The van der Waals surface area contributed by atoms with Crippen LogP contribution in [0.4, 0.5) is 0 Å². The van der Waals surface area contributed by atoms with Crippen molar-refractivity contribution in [2.45, 2.75) is 26.3 Å². The highest BCUT2D eigenvalue weighted by molar-refractivity contribution is 5.85. The predicted molar refractivity (Wildman–Crippen MR) is 60.2 cm³/mol. The molecule has 1 aromatic carbocycles. The van der Waals surface area contributed by atoms with Crippen LogP contribution in [0.2, 0.25) is 0 Å². The van der Waals surface area contributed by atoms with Crippen LogP contribution < -0.4 is 10.5 Å². The third-order valence-corrected chi connectivity index (χ3v) is 2.52. The summed E-state index contributed by atoms with van der Waals surface area (Å²) in [5.41, 5.74) is 9.63. The first-order valence-corrected chi connectivity index (χ1v) is 4.68. The molecule has 0 fully saturated rings. The molecule has 0 amide bonds. The standard InChI is InChI=1S/C11H15NO.ClH/c1-7-5-8(2)11-9(6-7)10(12)3-4-13-11;/h5-6,10H,3-4,12H2,1-2H3;1H/t10-;/m1./s1. The van der Waals surface area contributed by atoms with Crippen LogP contribution in [-0.4, -0.2) is 6.61 Å². The largest absolute Gasteiger partial charge is 0.493 e. The minimum absolute atomic E-state index is 0. The van der Waals surface area contributed by atoms with Gasteiger partial charge in [0, 0.05) is 18.0 Å². The molecule has 78 valence electrons. The van der Waals surface area contributed by atoms with Crippen molar-refractivity contribution >= 4 is 12.4 Å². The average molecular weight is 214 g/mol. The maximum absolute atomic E-state index is 6.00. The molecule has 0 unspecified atom stereocenters. The van der Waals surface area contributed by atoms with Crippen LogP contribution in [0.3, 0.4) is 0 Å². The van der Waals surface area contributed by atoms with Crippen molar-refractivity contribution in [1.29, 1.82) is 0 Å². The van der Waals surface area contributed by atoms with Gasteiger partial charge in [0.1, 0.15) is 5.75 Å². The highest BCUT2D eigenvalue weighted by Gasteiger charge is 2.19. The van der Waals surface area contributed by atoms with E-state index in [9.17, 15) is 0 Å². The maximum atomic E-state index is 6.00. The molecule has 0 saturated heterocycles. The van der Waals surface area contributed by atoms with Crippen LogP contribution >= 0.6 is 12.4 Å². The molecule has 0 bridgehead atoms. The molecule has 0 radical (unpaired) electrons. The van der Waals surface area contributed by atoms with Gasteiger partial charge in [-0.1, -0.05) is 17.7 Å². The van der Waals surface area contributed by atoms with Crippen molar-refractivity contribution in [1.82, 2.24) is 0 Å². The normalized spacial score (nSPS) is 19.2. The zero-order valence-corrected chi connectivity index (χ0v) is 9.36. The fourth-order valence-corrected chi connectivity index (χ4v) is 1.90. The van der Waals surface area contributed by atoms with E-state index in [1.807, 2.05) is 0 Å². The molecule has 0 saturated carbocycles. The van der Waals surface area contributed by atoms with Gasteiger partial charge in [-0.2, -0.15) is 0 Å². The quantitative estimate of drug-likeness (QED) is 0.719. The van der Waals surface area contributed by atoms with E-state index in [1.165, 1.54) is 16.7 Å². The van der Waals surface area contributed by atoms with Crippen molar-refractivity contribution < 1.29 is 4.74 Å². The summed E-state index contributed by atoms with van der Waals surface area (Å²) in [5.74, 6) is 1.00. The monoisotopic (exact) mass is 213 g/mol. The second-order valence-corrected chi connectivity index (χ2v) is 3.74. The summed E-state index contributed by atoms with van der Waals surface area (Å²) in [6.45, 7) is 4.91. The Kier molecular flexibility index (Phi) is 3.40. The topological polar surface area (TPSA) is 35.2 Å². The second-order valence-electron chi connectivity index (χ2n) is 3.74. The second kappa shape index (κ2) is 4.20. The van der Waals surface area contributed by atoms with Gasteiger partial charge in [0.05, 0.1) is 6.61 Å². The summed E-state index contributed by atoms with van der Waals surface area (Å²) in [7, 11) is 0. The molecule has 1 aromatic rings. The van der Waals surface area contributed by atoms with Crippen LogP contribution in [0.1, 0.15) is 29.2 Å². The first-order valence-electron chi connectivity index (χ1n) is 4.68. The molecular weight excluding hydrogens is 198 g/mol. The van der Waals surface area contributed by atoms with Gasteiger partial charge in [0.25, 0.3) is 0 Å². The highest BCUT2D eigenvalue weighted by atomic mass is 35.5. The number of fused-ring (bicyclic) bond motifs is 1. The van der Waals surface area contributed by atoms with E-state index in [4.69, 9.17) is 10.5 Å². The third-order valence-electron chi connectivity index (χ3n) is 2.52. The molecule has 1 aliphatic rings. The Morgan fingerprint density at radius 2 is 2.07 bits per heavy atom. The number of ether oxygens (including phenoxy) is 1. The van der Waals surface area contributed by atoms with Gasteiger partial charge in [-0.15, -0.1) is 12.4 Å². The van der Waals surface area contributed by atoms with Gasteiger partial charge in [-0.3, -0.25) is 0 Å². The van der Waals surface area contributed by atoms with Crippen LogP contribution in [-0.2, 0) is 0 Å². The molecule has 3 heteroatoms. The Labute approximate surface area is 90.9 Å². The van der Waals surface area contributed by atoms with E-state index in [0.717, 1.165) is 18.8 Å². The highest BCUT2D eigenvalue weighted by Crippen LogP contribution is 2.34. The van der Waals surface area contributed by atoms with Crippen molar-refractivity contribution in [3.63, 3.8) is 0 Å². The summed E-state index contributed by atoms with van der Waals surface area (Å²) in [6, 6.07) is 4.42. The molecule has 0 spiro atoms. The Morgan fingerprint density at radius 1 is 1.36 bits per heavy atom. The maximum Gasteiger partial charge on any atom is 0.126 e. The lowest BCUT2D eigenvalue weighted by Gasteiger charge is -2.24. The number of benzene rings is 1. The number of rotatable bonds is 0. The van der Waals surface area contributed by atoms with Gasteiger partial charge in [0.2, 0.25) is 0 Å². The Balaban J connectivity index is 0.000000980. The summed E-state index contributed by atoms with van der Waals surface area (Å²) in [4.78, 5) is 0. The smallest absolute Gasteiger partial charge is 0.126 e. The fourth-order valence-electron chi connectivity index (χ4n) is 1.90. The number of halogens is 1. The number of hydrogen-bond acceptors (Lipinski definition) is 2. The Hall–Kier alpha value is -0.730. The fraction of sp³-hybridized carbons (Fsp3) is 0.455. The van der Waals surface area contributed by atoms with E-state index in [2.05, 4.69) is 26.0 Å². The zero-order chi connectivity index (χ0) is 9.42. The first kappa shape index (κ1) is 11.3. The van der Waals surface area contributed by atoms with Crippen LogP contribution in [0.5, 0.6) is 5.75 Å². The van der Waals surface area contributed by atoms with E-state index < -0.39 is 0 Å². The van der Waals surface area contributed by atoms with E-state index in [0.29, 0.717) is 0 Å². The van der Waals surface area contributed by atoms with Crippen LogP contribution in [0.25, 0.3) is 0 Å². The summed E-state index contributed by atoms with van der Waals surface area (Å²) < 4.78 is 5.60. The van der Waals surface area contributed by atoms with Crippen molar-refractivity contribution in [2.75, 3.05) is 6.61 Å².